The quantitative estimate of drug-likeness (QED) is 0.393. The minimum Gasteiger partial charge on any atom is -0.477 e. The Balaban J connectivity index is 1.63. The standard InChI is InChI=1S/C30H39N3O3S/c1-19(2)32-16-15-23(17-32)31(4)24(34)18-33-26-20(3)28(30(35)36)37-29(26)25(21-11-7-5-8-12-21)27(33)22-13-9-6-10-14-22/h6,9-10,13-14,19,21,23H,5,7-8,11-12,15-18H2,1-4H3,(H,35,36). The Kier molecular flexibility index (Phi) is 7.46. The summed E-state index contributed by atoms with van der Waals surface area (Å²) in [5, 5.41) is 9.97. The molecule has 1 amide bonds. The maximum Gasteiger partial charge on any atom is 0.346 e. The number of likely N-dealkylation sites (tertiary alicyclic amines) is 1. The number of amides is 1. The van der Waals surface area contributed by atoms with Crippen LogP contribution in [0, 0.1) is 6.92 Å². The highest BCUT2D eigenvalue weighted by molar-refractivity contribution is 7.21. The molecule has 1 saturated carbocycles. The van der Waals surface area contributed by atoms with Gasteiger partial charge in [-0.05, 0) is 62.6 Å². The van der Waals surface area contributed by atoms with E-state index < -0.39 is 5.97 Å². The zero-order valence-corrected chi connectivity index (χ0v) is 23.3. The van der Waals surface area contributed by atoms with Gasteiger partial charge in [0.05, 0.1) is 15.9 Å². The SMILES string of the molecule is Cc1c(C(=O)O)sc2c(C3CCCCC3)c(-c3ccccc3)n(CC(=O)N(C)C3CCN(C(C)C)C3)c12. The monoisotopic (exact) mass is 521 g/mol. The first-order valence-electron chi connectivity index (χ1n) is 13.7. The Morgan fingerprint density at radius 3 is 2.43 bits per heavy atom. The Hall–Kier alpha value is -2.64. The van der Waals surface area contributed by atoms with Crippen molar-refractivity contribution < 1.29 is 14.7 Å². The van der Waals surface area contributed by atoms with Crippen LogP contribution < -0.4 is 0 Å². The van der Waals surface area contributed by atoms with Crippen LogP contribution in [0.2, 0.25) is 0 Å². The summed E-state index contributed by atoms with van der Waals surface area (Å²) >= 11 is 1.39. The molecule has 6 nitrogen and oxygen atoms in total. The van der Waals surface area contributed by atoms with Crippen LogP contribution in [0.4, 0.5) is 0 Å². The van der Waals surface area contributed by atoms with Gasteiger partial charge in [0.15, 0.2) is 0 Å². The third-order valence-electron chi connectivity index (χ3n) is 8.57. The summed E-state index contributed by atoms with van der Waals surface area (Å²) in [6.45, 7) is 8.46. The smallest absolute Gasteiger partial charge is 0.346 e. The fraction of sp³-hybridized carbons (Fsp3) is 0.533. The van der Waals surface area contributed by atoms with Gasteiger partial charge in [0.1, 0.15) is 11.4 Å². The predicted octanol–water partition coefficient (Wildman–Crippen LogP) is 6.37. The number of likely N-dealkylation sites (N-methyl/N-ethyl adjacent to an activating group) is 1. The number of fused-ring (bicyclic) bond motifs is 1. The molecule has 1 aromatic carbocycles. The van der Waals surface area contributed by atoms with E-state index in [4.69, 9.17) is 0 Å². The fourth-order valence-electron chi connectivity index (χ4n) is 6.42. The molecule has 2 aromatic heterocycles. The van der Waals surface area contributed by atoms with E-state index in [1.807, 2.05) is 37.1 Å². The largest absolute Gasteiger partial charge is 0.477 e. The van der Waals surface area contributed by atoms with Gasteiger partial charge in [0.2, 0.25) is 5.91 Å². The number of aromatic carboxylic acids is 1. The highest BCUT2D eigenvalue weighted by Crippen LogP contribution is 2.48. The predicted molar refractivity (Wildman–Crippen MR) is 151 cm³/mol. The number of thiophene rings is 1. The molecule has 0 radical (unpaired) electrons. The molecule has 3 heterocycles. The maximum atomic E-state index is 13.8. The van der Waals surface area contributed by atoms with E-state index in [-0.39, 0.29) is 18.5 Å². The zero-order valence-electron chi connectivity index (χ0n) is 22.5. The Labute approximate surface area is 223 Å². The first kappa shape index (κ1) is 26.0. The molecule has 1 aliphatic heterocycles. The second kappa shape index (κ2) is 10.6. The summed E-state index contributed by atoms with van der Waals surface area (Å²) < 4.78 is 3.21. The number of rotatable bonds is 7. The summed E-state index contributed by atoms with van der Waals surface area (Å²) in [5.74, 6) is -0.415. The fourth-order valence-corrected chi connectivity index (χ4v) is 7.69. The van der Waals surface area contributed by atoms with Crippen LogP contribution in [0.25, 0.3) is 21.5 Å². The molecule has 198 valence electrons. The van der Waals surface area contributed by atoms with Gasteiger partial charge in [-0.25, -0.2) is 4.79 Å². The van der Waals surface area contributed by atoms with Crippen molar-refractivity contribution in [3.63, 3.8) is 0 Å². The second-order valence-electron chi connectivity index (χ2n) is 11.1. The third-order valence-corrected chi connectivity index (χ3v) is 9.87. The maximum absolute atomic E-state index is 13.8. The van der Waals surface area contributed by atoms with E-state index in [0.717, 1.165) is 59.4 Å². The molecule has 37 heavy (non-hydrogen) atoms. The molecule has 1 unspecified atom stereocenters. The highest BCUT2D eigenvalue weighted by Gasteiger charge is 2.33. The number of benzene rings is 1. The number of nitrogens with zero attached hydrogens (tertiary/aromatic N) is 3. The van der Waals surface area contributed by atoms with Gasteiger partial charge >= 0.3 is 5.97 Å². The number of carbonyl (C=O) groups excluding carboxylic acids is 1. The van der Waals surface area contributed by atoms with Crippen LogP contribution in [-0.2, 0) is 11.3 Å². The van der Waals surface area contributed by atoms with Crippen molar-refractivity contribution in [3.05, 3.63) is 46.3 Å². The number of carboxylic acids is 1. The van der Waals surface area contributed by atoms with E-state index in [1.54, 1.807) is 0 Å². The summed E-state index contributed by atoms with van der Waals surface area (Å²) in [6.07, 6.45) is 6.84. The molecular formula is C30H39N3O3S. The lowest BCUT2D eigenvalue weighted by Gasteiger charge is -2.27. The Morgan fingerprint density at radius 2 is 1.81 bits per heavy atom. The number of aromatic nitrogens is 1. The van der Waals surface area contributed by atoms with Gasteiger partial charge in [-0.15, -0.1) is 11.3 Å². The summed E-state index contributed by atoms with van der Waals surface area (Å²) in [6, 6.07) is 11.1. The van der Waals surface area contributed by atoms with Crippen molar-refractivity contribution in [2.45, 2.75) is 83.8 Å². The van der Waals surface area contributed by atoms with Crippen molar-refractivity contribution in [2.24, 2.45) is 0 Å². The topological polar surface area (TPSA) is 65.8 Å². The van der Waals surface area contributed by atoms with Crippen molar-refractivity contribution in [1.29, 1.82) is 0 Å². The molecule has 0 spiro atoms. The number of carboxylic acid groups (broad SMARTS) is 1. The zero-order chi connectivity index (χ0) is 26.3. The minimum atomic E-state index is -0.885. The lowest BCUT2D eigenvalue weighted by Crippen LogP contribution is -2.41. The molecule has 1 saturated heterocycles. The van der Waals surface area contributed by atoms with Gasteiger partial charge in [-0.3, -0.25) is 9.69 Å². The minimum absolute atomic E-state index is 0.0855. The van der Waals surface area contributed by atoms with Crippen LogP contribution in [0.3, 0.4) is 0 Å². The Morgan fingerprint density at radius 1 is 1.11 bits per heavy atom. The van der Waals surface area contributed by atoms with Crippen molar-refractivity contribution >= 4 is 33.4 Å². The normalized spacial score (nSPS) is 19.2. The van der Waals surface area contributed by atoms with Gasteiger partial charge in [-0.2, -0.15) is 0 Å². The molecule has 2 fully saturated rings. The average molecular weight is 522 g/mol. The molecular weight excluding hydrogens is 482 g/mol. The van der Waals surface area contributed by atoms with E-state index >= 15 is 0 Å². The van der Waals surface area contributed by atoms with Crippen LogP contribution in [-0.4, -0.2) is 63.6 Å². The van der Waals surface area contributed by atoms with Crippen LogP contribution in [0.1, 0.15) is 79.1 Å². The van der Waals surface area contributed by atoms with E-state index in [9.17, 15) is 14.7 Å². The molecule has 0 bridgehead atoms. The first-order chi connectivity index (χ1) is 17.8. The van der Waals surface area contributed by atoms with Gasteiger partial charge in [0, 0.05) is 32.2 Å². The van der Waals surface area contributed by atoms with Crippen molar-refractivity contribution in [3.8, 4) is 11.3 Å². The molecule has 5 rings (SSSR count). The number of aryl methyl sites for hydroxylation is 1. The van der Waals surface area contributed by atoms with Gasteiger partial charge < -0.3 is 14.6 Å². The lowest BCUT2D eigenvalue weighted by molar-refractivity contribution is -0.132. The number of carbonyl (C=O) groups is 2. The van der Waals surface area contributed by atoms with Crippen LogP contribution in [0.5, 0.6) is 0 Å². The molecule has 1 aliphatic carbocycles. The van der Waals surface area contributed by atoms with Crippen LogP contribution >= 0.6 is 11.3 Å². The average Bonchev–Trinajstić information content (AvgIpc) is 3.59. The van der Waals surface area contributed by atoms with Gasteiger partial charge in [-0.1, -0.05) is 49.6 Å². The van der Waals surface area contributed by atoms with E-state index in [2.05, 4.69) is 35.4 Å². The molecule has 1 atom stereocenters. The summed E-state index contributed by atoms with van der Waals surface area (Å²) in [4.78, 5) is 30.7. The third kappa shape index (κ3) is 4.84. The van der Waals surface area contributed by atoms with Crippen LogP contribution in [0.15, 0.2) is 30.3 Å². The molecule has 3 aromatic rings. The van der Waals surface area contributed by atoms with Gasteiger partial charge in [0.25, 0.3) is 0 Å². The summed E-state index contributed by atoms with van der Waals surface area (Å²) in [5.41, 5.74) is 5.16. The molecule has 7 heteroatoms. The number of hydrogen-bond donors (Lipinski definition) is 1. The molecule has 1 N–H and O–H groups in total. The second-order valence-corrected chi connectivity index (χ2v) is 12.1. The lowest BCUT2D eigenvalue weighted by atomic mass is 9.83. The molecule has 2 aliphatic rings. The first-order valence-corrected chi connectivity index (χ1v) is 14.5. The summed E-state index contributed by atoms with van der Waals surface area (Å²) in [7, 11) is 1.94. The van der Waals surface area contributed by atoms with E-state index in [0.29, 0.717) is 16.8 Å². The number of hydrogen-bond acceptors (Lipinski definition) is 4. The van der Waals surface area contributed by atoms with E-state index in [1.165, 1.54) is 36.2 Å². The van der Waals surface area contributed by atoms with Crippen molar-refractivity contribution in [2.75, 3.05) is 20.1 Å². The highest BCUT2D eigenvalue weighted by atomic mass is 32.1. The van der Waals surface area contributed by atoms with Crippen molar-refractivity contribution in [1.82, 2.24) is 14.4 Å². The Bertz CT molecular complexity index is 1290.